The van der Waals surface area contributed by atoms with E-state index >= 15 is 0 Å². The van der Waals surface area contributed by atoms with E-state index in [1.54, 1.807) is 37.7 Å². The molecular weight excluding hydrogens is 232 g/mol. The third kappa shape index (κ3) is 1.25. The highest BCUT2D eigenvalue weighted by atomic mass is 16.1. The molecule has 1 aromatic carbocycles. The van der Waals surface area contributed by atoms with E-state index in [1.165, 1.54) is 4.57 Å². The lowest BCUT2D eigenvalue weighted by atomic mass is 10.2. The van der Waals surface area contributed by atoms with Crippen LogP contribution in [0, 0.1) is 6.92 Å². The quantitative estimate of drug-likeness (QED) is 0.623. The standard InChI is InChI=1S/C12H12N4O2/c1-6-13-8-5-10-9(4-7(8)11(17)14-6)15(2)12(18)16(10)3/h4-5H,1-3H3,(H,13,14,17). The van der Waals surface area contributed by atoms with E-state index in [0.29, 0.717) is 16.7 Å². The van der Waals surface area contributed by atoms with Crippen LogP contribution in [0.15, 0.2) is 21.7 Å². The Kier molecular flexibility index (Phi) is 1.98. The fourth-order valence-corrected chi connectivity index (χ4v) is 2.25. The minimum Gasteiger partial charge on any atom is -0.310 e. The molecule has 0 amide bonds. The molecule has 0 spiro atoms. The molecular formula is C12H12N4O2. The average Bonchev–Trinajstić information content (AvgIpc) is 2.53. The summed E-state index contributed by atoms with van der Waals surface area (Å²) in [6, 6.07) is 3.48. The van der Waals surface area contributed by atoms with Gasteiger partial charge in [0.2, 0.25) is 0 Å². The second kappa shape index (κ2) is 3.32. The zero-order valence-corrected chi connectivity index (χ0v) is 10.3. The van der Waals surface area contributed by atoms with E-state index in [2.05, 4.69) is 9.97 Å². The van der Waals surface area contributed by atoms with Crippen molar-refractivity contribution in [3.63, 3.8) is 0 Å². The monoisotopic (exact) mass is 244 g/mol. The van der Waals surface area contributed by atoms with Gasteiger partial charge in [-0.15, -0.1) is 0 Å². The average molecular weight is 244 g/mol. The van der Waals surface area contributed by atoms with Gasteiger partial charge in [0.15, 0.2) is 0 Å². The molecule has 0 aliphatic rings. The molecule has 3 rings (SSSR count). The lowest BCUT2D eigenvalue weighted by Gasteiger charge is -2.00. The van der Waals surface area contributed by atoms with E-state index in [4.69, 9.17) is 0 Å². The first-order valence-corrected chi connectivity index (χ1v) is 5.55. The van der Waals surface area contributed by atoms with Crippen molar-refractivity contribution in [1.29, 1.82) is 0 Å². The number of nitrogens with zero attached hydrogens (tertiary/aromatic N) is 3. The maximum absolute atomic E-state index is 11.9. The van der Waals surface area contributed by atoms with Crippen LogP contribution in [0.1, 0.15) is 5.82 Å². The molecule has 2 heterocycles. The Balaban J connectivity index is 2.64. The number of hydrogen-bond donors (Lipinski definition) is 1. The molecule has 2 aromatic heterocycles. The highest BCUT2D eigenvalue weighted by Crippen LogP contribution is 2.17. The van der Waals surface area contributed by atoms with Crippen LogP contribution in [0.25, 0.3) is 21.9 Å². The van der Waals surface area contributed by atoms with Gasteiger partial charge in [-0.2, -0.15) is 0 Å². The van der Waals surface area contributed by atoms with Crippen LogP contribution in [0.4, 0.5) is 0 Å². The van der Waals surface area contributed by atoms with E-state index < -0.39 is 0 Å². The SMILES string of the molecule is Cc1nc2cc3c(cc2c(=O)[nH]1)n(C)c(=O)n3C. The van der Waals surface area contributed by atoms with Gasteiger partial charge in [-0.1, -0.05) is 0 Å². The van der Waals surface area contributed by atoms with Crippen LogP contribution < -0.4 is 11.2 Å². The van der Waals surface area contributed by atoms with Crippen molar-refractivity contribution in [2.45, 2.75) is 6.92 Å². The van der Waals surface area contributed by atoms with Gasteiger partial charge in [0.25, 0.3) is 5.56 Å². The van der Waals surface area contributed by atoms with E-state index in [1.807, 2.05) is 0 Å². The van der Waals surface area contributed by atoms with Crippen molar-refractivity contribution in [2.24, 2.45) is 14.1 Å². The summed E-state index contributed by atoms with van der Waals surface area (Å²) in [5.41, 5.74) is 1.80. The zero-order valence-electron chi connectivity index (χ0n) is 10.3. The lowest BCUT2D eigenvalue weighted by Crippen LogP contribution is -2.19. The maximum Gasteiger partial charge on any atom is 0.328 e. The van der Waals surface area contributed by atoms with Gasteiger partial charge in [-0.25, -0.2) is 9.78 Å². The molecule has 0 aliphatic carbocycles. The Morgan fingerprint density at radius 1 is 1.11 bits per heavy atom. The fraction of sp³-hybridized carbons (Fsp3) is 0.250. The first kappa shape index (κ1) is 10.8. The molecule has 0 atom stereocenters. The Labute approximate surface area is 102 Å². The number of hydrogen-bond acceptors (Lipinski definition) is 3. The third-order valence-electron chi connectivity index (χ3n) is 3.22. The topological polar surface area (TPSA) is 72.7 Å². The second-order valence-corrected chi connectivity index (χ2v) is 4.41. The number of imidazole rings is 1. The van der Waals surface area contributed by atoms with Gasteiger partial charge < -0.3 is 4.98 Å². The Hall–Kier alpha value is -2.37. The lowest BCUT2D eigenvalue weighted by molar-refractivity contribution is 0.795. The summed E-state index contributed by atoms with van der Waals surface area (Å²) in [6.45, 7) is 1.73. The first-order valence-electron chi connectivity index (χ1n) is 5.55. The smallest absolute Gasteiger partial charge is 0.310 e. The Morgan fingerprint density at radius 2 is 1.72 bits per heavy atom. The van der Waals surface area contributed by atoms with Crippen molar-refractivity contribution < 1.29 is 0 Å². The number of aromatic nitrogens is 4. The molecule has 0 aliphatic heterocycles. The Bertz CT molecular complexity index is 898. The van der Waals surface area contributed by atoms with E-state index in [9.17, 15) is 9.59 Å². The molecule has 18 heavy (non-hydrogen) atoms. The van der Waals surface area contributed by atoms with Crippen LogP contribution in [0.3, 0.4) is 0 Å². The van der Waals surface area contributed by atoms with Gasteiger partial charge in [0.05, 0.1) is 21.9 Å². The number of nitrogens with one attached hydrogen (secondary N) is 1. The number of aryl methyl sites for hydroxylation is 3. The predicted molar refractivity (Wildman–Crippen MR) is 68.8 cm³/mol. The number of benzene rings is 1. The summed E-state index contributed by atoms with van der Waals surface area (Å²) in [5.74, 6) is 0.563. The molecule has 0 radical (unpaired) electrons. The number of H-pyrrole nitrogens is 1. The molecule has 0 saturated heterocycles. The summed E-state index contributed by atoms with van der Waals surface area (Å²) >= 11 is 0. The van der Waals surface area contributed by atoms with Crippen molar-refractivity contribution >= 4 is 21.9 Å². The molecule has 92 valence electrons. The summed E-state index contributed by atoms with van der Waals surface area (Å²) < 4.78 is 3.07. The van der Waals surface area contributed by atoms with Crippen molar-refractivity contribution in [2.75, 3.05) is 0 Å². The fourth-order valence-electron chi connectivity index (χ4n) is 2.25. The molecule has 6 heteroatoms. The predicted octanol–water partition coefficient (Wildman–Crippen LogP) is 0.422. The Morgan fingerprint density at radius 3 is 2.39 bits per heavy atom. The number of rotatable bonds is 0. The third-order valence-corrected chi connectivity index (χ3v) is 3.22. The van der Waals surface area contributed by atoms with Crippen molar-refractivity contribution in [1.82, 2.24) is 19.1 Å². The van der Waals surface area contributed by atoms with Crippen molar-refractivity contribution in [3.8, 4) is 0 Å². The highest BCUT2D eigenvalue weighted by Gasteiger charge is 2.11. The molecule has 0 saturated carbocycles. The molecule has 3 aromatic rings. The van der Waals surface area contributed by atoms with Gasteiger partial charge in [-0.3, -0.25) is 13.9 Å². The maximum atomic E-state index is 11.9. The minimum absolute atomic E-state index is 0.117. The van der Waals surface area contributed by atoms with Crippen LogP contribution in [0.5, 0.6) is 0 Å². The molecule has 0 fully saturated rings. The van der Waals surface area contributed by atoms with E-state index in [0.717, 1.165) is 11.0 Å². The summed E-state index contributed by atoms with van der Waals surface area (Å²) in [5, 5.41) is 0.495. The molecule has 6 nitrogen and oxygen atoms in total. The van der Waals surface area contributed by atoms with Gasteiger partial charge in [0, 0.05) is 14.1 Å². The van der Waals surface area contributed by atoms with Crippen LogP contribution in [0.2, 0.25) is 0 Å². The van der Waals surface area contributed by atoms with Gasteiger partial charge >= 0.3 is 5.69 Å². The largest absolute Gasteiger partial charge is 0.328 e. The summed E-state index contributed by atoms with van der Waals surface area (Å²) in [6.07, 6.45) is 0. The molecule has 0 unspecified atom stereocenters. The summed E-state index contributed by atoms with van der Waals surface area (Å²) in [4.78, 5) is 30.6. The summed E-state index contributed by atoms with van der Waals surface area (Å²) in [7, 11) is 3.39. The number of fused-ring (bicyclic) bond motifs is 2. The normalized spacial score (nSPS) is 11.5. The van der Waals surface area contributed by atoms with E-state index in [-0.39, 0.29) is 11.2 Å². The van der Waals surface area contributed by atoms with Gasteiger partial charge in [0.1, 0.15) is 5.82 Å². The minimum atomic E-state index is -0.185. The van der Waals surface area contributed by atoms with Crippen LogP contribution in [-0.2, 0) is 14.1 Å². The molecule has 1 N–H and O–H groups in total. The number of aromatic amines is 1. The second-order valence-electron chi connectivity index (χ2n) is 4.41. The zero-order chi connectivity index (χ0) is 13.0. The van der Waals surface area contributed by atoms with Crippen LogP contribution >= 0.6 is 0 Å². The van der Waals surface area contributed by atoms with Crippen LogP contribution in [-0.4, -0.2) is 19.1 Å². The highest BCUT2D eigenvalue weighted by molar-refractivity contribution is 5.92. The van der Waals surface area contributed by atoms with Gasteiger partial charge in [-0.05, 0) is 19.1 Å². The first-order chi connectivity index (χ1) is 8.49. The van der Waals surface area contributed by atoms with Crippen molar-refractivity contribution in [3.05, 3.63) is 38.8 Å². The molecule has 0 bridgehead atoms.